The topological polar surface area (TPSA) is 49.3 Å². The third-order valence-electron chi connectivity index (χ3n) is 3.62. The molecule has 2 rings (SSSR count). The van der Waals surface area contributed by atoms with Gasteiger partial charge in [0.15, 0.2) is 0 Å². The molecule has 0 saturated carbocycles. The summed E-state index contributed by atoms with van der Waals surface area (Å²) in [6.45, 7) is 2.01. The number of carbonyl (C=O) groups excluding carboxylic acids is 1. The molecule has 0 spiro atoms. The van der Waals surface area contributed by atoms with Gasteiger partial charge in [0.1, 0.15) is 6.10 Å². The van der Waals surface area contributed by atoms with Crippen LogP contribution in [0.5, 0.6) is 0 Å². The Morgan fingerprint density at radius 2 is 1.92 bits per heavy atom. The fraction of sp³-hybridized carbons (Fsp3) is 0.353. The molecule has 0 aliphatic rings. The van der Waals surface area contributed by atoms with Gasteiger partial charge in [-0.15, -0.1) is 11.3 Å². The van der Waals surface area contributed by atoms with Gasteiger partial charge in [-0.05, 0) is 48.1 Å². The van der Waals surface area contributed by atoms with Crippen molar-refractivity contribution >= 4 is 17.2 Å². The highest BCUT2D eigenvalue weighted by atomic mass is 32.1. The molecule has 0 bridgehead atoms. The number of thiophene rings is 1. The van der Waals surface area contributed by atoms with Crippen LogP contribution in [0.4, 0.5) is 13.2 Å². The Kier molecular flexibility index (Phi) is 6.01. The van der Waals surface area contributed by atoms with Gasteiger partial charge in [-0.1, -0.05) is 12.1 Å². The Balaban J connectivity index is 1.78. The van der Waals surface area contributed by atoms with Crippen molar-refractivity contribution in [3.05, 3.63) is 57.3 Å². The molecule has 0 aliphatic carbocycles. The Labute approximate surface area is 142 Å². The van der Waals surface area contributed by atoms with E-state index in [4.69, 9.17) is 0 Å². The minimum absolute atomic E-state index is 0.118. The summed E-state index contributed by atoms with van der Waals surface area (Å²) in [6, 6.07) is 6.67. The third kappa shape index (κ3) is 5.07. The molecule has 7 heteroatoms. The lowest BCUT2D eigenvalue weighted by atomic mass is 10.1. The highest BCUT2D eigenvalue weighted by molar-refractivity contribution is 7.10. The van der Waals surface area contributed by atoms with Crippen molar-refractivity contribution in [1.82, 2.24) is 5.32 Å². The Bertz CT molecular complexity index is 680. The molecule has 2 N–H and O–H groups in total. The van der Waals surface area contributed by atoms with E-state index in [1.165, 1.54) is 23.5 Å². The first kappa shape index (κ1) is 18.5. The summed E-state index contributed by atoms with van der Waals surface area (Å²) in [6.07, 6.45) is -4.61. The largest absolute Gasteiger partial charge is 0.416 e. The van der Waals surface area contributed by atoms with Crippen molar-refractivity contribution in [3.63, 3.8) is 0 Å². The van der Waals surface area contributed by atoms with E-state index in [0.29, 0.717) is 12.0 Å². The second-order valence-electron chi connectivity index (χ2n) is 5.48. The molecular formula is C17H18F3NO2S. The predicted octanol–water partition coefficient (Wildman–Crippen LogP) is 3.86. The zero-order valence-electron chi connectivity index (χ0n) is 13.1. The molecular weight excluding hydrogens is 339 g/mol. The molecule has 24 heavy (non-hydrogen) atoms. The molecule has 1 heterocycles. The smallest absolute Gasteiger partial charge is 0.386 e. The lowest BCUT2D eigenvalue weighted by Crippen LogP contribution is -2.28. The van der Waals surface area contributed by atoms with Crippen LogP contribution in [-0.4, -0.2) is 17.6 Å². The van der Waals surface area contributed by atoms with Crippen molar-refractivity contribution in [3.8, 4) is 0 Å². The second-order valence-corrected chi connectivity index (χ2v) is 6.43. The summed E-state index contributed by atoms with van der Waals surface area (Å²) in [4.78, 5) is 12.6. The molecule has 0 aliphatic heterocycles. The minimum atomic E-state index is -4.36. The zero-order chi connectivity index (χ0) is 17.7. The van der Waals surface area contributed by atoms with Crippen LogP contribution >= 0.6 is 11.3 Å². The van der Waals surface area contributed by atoms with Gasteiger partial charge in [0.25, 0.3) is 0 Å². The maximum absolute atomic E-state index is 12.5. The molecule has 0 saturated heterocycles. The van der Waals surface area contributed by atoms with Gasteiger partial charge < -0.3 is 10.4 Å². The van der Waals surface area contributed by atoms with Crippen LogP contribution in [0.3, 0.4) is 0 Å². The van der Waals surface area contributed by atoms with Crippen LogP contribution in [0.25, 0.3) is 0 Å². The first-order valence-corrected chi connectivity index (χ1v) is 8.30. The molecule has 0 fully saturated rings. The van der Waals surface area contributed by atoms with E-state index in [0.717, 1.165) is 22.6 Å². The van der Waals surface area contributed by atoms with Crippen LogP contribution in [0.15, 0.2) is 35.7 Å². The summed E-state index contributed by atoms with van der Waals surface area (Å²) >= 11 is 1.43. The summed E-state index contributed by atoms with van der Waals surface area (Å²) in [5.74, 6) is -0.247. The van der Waals surface area contributed by atoms with Crippen LogP contribution in [0.1, 0.15) is 34.1 Å². The highest BCUT2D eigenvalue weighted by Crippen LogP contribution is 2.29. The van der Waals surface area contributed by atoms with Crippen LogP contribution in [0.2, 0.25) is 0 Å². The molecule has 130 valence electrons. The number of nitrogens with one attached hydrogen (secondary N) is 1. The number of aryl methyl sites for hydroxylation is 2. The molecule has 0 radical (unpaired) electrons. The van der Waals surface area contributed by atoms with Gasteiger partial charge in [0.2, 0.25) is 5.91 Å². The second kappa shape index (κ2) is 7.81. The van der Waals surface area contributed by atoms with E-state index >= 15 is 0 Å². The third-order valence-corrected chi connectivity index (χ3v) is 4.74. The number of hydrogen-bond acceptors (Lipinski definition) is 3. The van der Waals surface area contributed by atoms with E-state index < -0.39 is 17.8 Å². The Morgan fingerprint density at radius 3 is 2.46 bits per heavy atom. The van der Waals surface area contributed by atoms with Crippen molar-refractivity contribution < 1.29 is 23.1 Å². The lowest BCUT2D eigenvalue weighted by Gasteiger charge is -2.12. The summed E-state index contributed by atoms with van der Waals surface area (Å²) < 4.78 is 37.4. The Hall–Kier alpha value is -1.86. The van der Waals surface area contributed by atoms with Gasteiger partial charge in [-0.2, -0.15) is 13.2 Å². The minimum Gasteiger partial charge on any atom is -0.386 e. The van der Waals surface area contributed by atoms with Gasteiger partial charge in [0.05, 0.1) is 5.56 Å². The lowest BCUT2D eigenvalue weighted by molar-refractivity contribution is -0.137. The van der Waals surface area contributed by atoms with Crippen LogP contribution in [-0.2, 0) is 17.4 Å². The molecule has 1 atom stereocenters. The average molecular weight is 357 g/mol. The zero-order valence-corrected chi connectivity index (χ0v) is 13.9. The normalized spacial score (nSPS) is 12.9. The number of hydrogen-bond donors (Lipinski definition) is 2. The summed E-state index contributed by atoms with van der Waals surface area (Å²) in [5, 5.41) is 14.5. The number of carbonyl (C=O) groups is 1. The number of halogens is 3. The number of aliphatic hydroxyl groups is 1. The van der Waals surface area contributed by atoms with E-state index in [1.54, 1.807) is 0 Å². The molecule has 1 amide bonds. The standard InChI is InChI=1S/C17H18F3NO2S/c1-11-8-9-24-16(11)14(22)10-21-15(23)7-4-12-2-5-13(6-3-12)17(18,19)20/h2-3,5-6,8-9,14,22H,4,7,10H2,1H3,(H,21,23)/t14-/m1/s1. The first-order valence-electron chi connectivity index (χ1n) is 7.42. The summed E-state index contributed by atoms with van der Waals surface area (Å²) in [5.41, 5.74) is 0.935. The predicted molar refractivity (Wildman–Crippen MR) is 86.8 cm³/mol. The molecule has 1 aromatic heterocycles. The van der Waals surface area contributed by atoms with Crippen LogP contribution < -0.4 is 5.32 Å². The monoisotopic (exact) mass is 357 g/mol. The van der Waals surface area contributed by atoms with E-state index in [2.05, 4.69) is 5.32 Å². The number of rotatable bonds is 6. The number of benzene rings is 1. The van der Waals surface area contributed by atoms with Gasteiger partial charge in [-0.3, -0.25) is 4.79 Å². The number of alkyl halides is 3. The number of amides is 1. The van der Waals surface area contributed by atoms with Crippen LogP contribution in [0, 0.1) is 6.92 Å². The van der Waals surface area contributed by atoms with Gasteiger partial charge in [-0.25, -0.2) is 0 Å². The fourth-order valence-corrected chi connectivity index (χ4v) is 3.15. The highest BCUT2D eigenvalue weighted by Gasteiger charge is 2.29. The fourth-order valence-electron chi connectivity index (χ4n) is 2.24. The van der Waals surface area contributed by atoms with Gasteiger partial charge in [0, 0.05) is 17.8 Å². The molecule has 2 aromatic rings. The van der Waals surface area contributed by atoms with E-state index in [1.807, 2.05) is 18.4 Å². The molecule has 1 aromatic carbocycles. The average Bonchev–Trinajstić information content (AvgIpc) is 2.96. The maximum atomic E-state index is 12.5. The first-order chi connectivity index (χ1) is 11.3. The summed E-state index contributed by atoms with van der Waals surface area (Å²) in [7, 11) is 0. The van der Waals surface area contributed by atoms with Crippen molar-refractivity contribution in [2.75, 3.05) is 6.54 Å². The quantitative estimate of drug-likeness (QED) is 0.825. The molecule has 3 nitrogen and oxygen atoms in total. The molecule has 0 unspecified atom stereocenters. The maximum Gasteiger partial charge on any atom is 0.416 e. The van der Waals surface area contributed by atoms with Crippen molar-refractivity contribution in [1.29, 1.82) is 0 Å². The van der Waals surface area contributed by atoms with Crippen molar-refractivity contribution in [2.24, 2.45) is 0 Å². The van der Waals surface area contributed by atoms with Gasteiger partial charge >= 0.3 is 6.18 Å². The Morgan fingerprint density at radius 1 is 1.25 bits per heavy atom. The number of aliphatic hydroxyl groups excluding tert-OH is 1. The van der Waals surface area contributed by atoms with E-state index in [-0.39, 0.29) is 18.9 Å². The van der Waals surface area contributed by atoms with E-state index in [9.17, 15) is 23.1 Å². The SMILES string of the molecule is Cc1ccsc1[C@H](O)CNC(=O)CCc1ccc(C(F)(F)F)cc1. The van der Waals surface area contributed by atoms with Crippen molar-refractivity contribution in [2.45, 2.75) is 32.0 Å².